The number of rotatable bonds is 6. The number of amidine groups is 2. The molecule has 0 amide bonds. The van der Waals surface area contributed by atoms with E-state index in [1.54, 1.807) is 0 Å². The fraction of sp³-hybridized carbons (Fsp3) is 0.0465. The number of aromatic nitrogens is 1. The summed E-state index contributed by atoms with van der Waals surface area (Å²) < 4.78 is 6.60. The quantitative estimate of drug-likeness (QED) is 0.148. The molecule has 1 unspecified atom stereocenters. The van der Waals surface area contributed by atoms with Crippen molar-refractivity contribution in [2.45, 2.75) is 13.0 Å². The van der Waals surface area contributed by atoms with Crippen LogP contribution in [0.4, 0.5) is 0 Å². The van der Waals surface area contributed by atoms with Gasteiger partial charge in [-0.3, -0.25) is 4.99 Å². The van der Waals surface area contributed by atoms with E-state index in [1.165, 1.54) is 0 Å². The highest BCUT2D eigenvalue weighted by Gasteiger charge is 2.20. The van der Waals surface area contributed by atoms with Crippen molar-refractivity contribution in [1.82, 2.24) is 4.98 Å². The average Bonchev–Trinajstić information content (AvgIpc) is 3.54. The number of nitrogens with zero attached hydrogens (tertiary/aromatic N) is 3. The first-order valence-corrected chi connectivity index (χ1v) is 16.1. The Morgan fingerprint density at radius 2 is 1.31 bits per heavy atom. The number of furan rings is 1. The van der Waals surface area contributed by atoms with Gasteiger partial charge in [0.1, 0.15) is 17.0 Å². The van der Waals surface area contributed by atoms with E-state index in [1.807, 2.05) is 91.0 Å². The van der Waals surface area contributed by atoms with Crippen molar-refractivity contribution < 1.29 is 4.42 Å². The summed E-state index contributed by atoms with van der Waals surface area (Å²) in [4.78, 5) is 14.9. The smallest absolute Gasteiger partial charge is 0.157 e. The fourth-order valence-electron chi connectivity index (χ4n) is 6.26. The molecule has 2 heterocycles. The van der Waals surface area contributed by atoms with Gasteiger partial charge in [-0.25, -0.2) is 9.98 Å². The van der Waals surface area contributed by atoms with Crippen LogP contribution in [-0.4, -0.2) is 16.7 Å². The monoisotopic (exact) mass is 620 g/mol. The van der Waals surface area contributed by atoms with E-state index < -0.39 is 0 Å². The molecule has 0 bridgehead atoms. The van der Waals surface area contributed by atoms with E-state index in [4.69, 9.17) is 25.1 Å². The molecule has 2 aromatic heterocycles. The van der Waals surface area contributed by atoms with Crippen LogP contribution in [0.2, 0.25) is 0 Å². The molecule has 48 heavy (non-hydrogen) atoms. The third-order valence-electron chi connectivity index (χ3n) is 8.74. The molecule has 0 saturated carbocycles. The SMILES string of the molecule is CC(N=C(N=C(N)c1ccccc1)c1ccccc1)c1ccc(-c2ccc(-c3ccc4ccccc4n3)cc2)c2c1oc1ccccc12. The average molecular weight is 621 g/mol. The predicted octanol–water partition coefficient (Wildman–Crippen LogP) is 10.4. The highest BCUT2D eigenvalue weighted by atomic mass is 16.3. The van der Waals surface area contributed by atoms with Crippen LogP contribution in [0.1, 0.15) is 29.7 Å². The Morgan fingerprint density at radius 3 is 2.10 bits per heavy atom. The van der Waals surface area contributed by atoms with Crippen LogP contribution in [0, 0.1) is 0 Å². The molecule has 0 fully saturated rings. The maximum Gasteiger partial charge on any atom is 0.157 e. The molecule has 0 aliphatic carbocycles. The van der Waals surface area contributed by atoms with Gasteiger partial charge in [0, 0.05) is 38.4 Å². The molecule has 0 aliphatic rings. The van der Waals surface area contributed by atoms with Crippen molar-refractivity contribution in [3.63, 3.8) is 0 Å². The van der Waals surface area contributed by atoms with Gasteiger partial charge in [-0.15, -0.1) is 0 Å². The van der Waals surface area contributed by atoms with E-state index in [2.05, 4.69) is 73.7 Å². The predicted molar refractivity (Wildman–Crippen MR) is 198 cm³/mol. The summed E-state index contributed by atoms with van der Waals surface area (Å²) in [7, 11) is 0. The number of nitrogens with two attached hydrogens (primary N) is 1. The molecule has 8 rings (SSSR count). The lowest BCUT2D eigenvalue weighted by Gasteiger charge is -2.13. The van der Waals surface area contributed by atoms with Crippen LogP contribution in [0.25, 0.3) is 55.2 Å². The summed E-state index contributed by atoms with van der Waals surface area (Å²) in [6, 6.07) is 53.0. The Morgan fingerprint density at radius 1 is 0.646 bits per heavy atom. The number of para-hydroxylation sites is 2. The number of benzene rings is 6. The molecule has 1 atom stereocenters. The summed E-state index contributed by atoms with van der Waals surface area (Å²) in [6.45, 7) is 2.07. The van der Waals surface area contributed by atoms with E-state index in [-0.39, 0.29) is 6.04 Å². The van der Waals surface area contributed by atoms with Gasteiger partial charge in [0.25, 0.3) is 0 Å². The van der Waals surface area contributed by atoms with Gasteiger partial charge >= 0.3 is 0 Å². The van der Waals surface area contributed by atoms with Crippen molar-refractivity contribution in [3.8, 4) is 22.4 Å². The first kappa shape index (κ1) is 29.1. The Kier molecular flexibility index (Phi) is 7.55. The van der Waals surface area contributed by atoms with Crippen LogP contribution in [0.15, 0.2) is 172 Å². The number of hydrogen-bond donors (Lipinski definition) is 1. The molecule has 0 spiro atoms. The molecule has 6 aromatic carbocycles. The minimum atomic E-state index is -0.272. The van der Waals surface area contributed by atoms with Crippen molar-refractivity contribution in [3.05, 3.63) is 174 Å². The second-order valence-corrected chi connectivity index (χ2v) is 11.8. The third-order valence-corrected chi connectivity index (χ3v) is 8.74. The van der Waals surface area contributed by atoms with Gasteiger partial charge < -0.3 is 10.2 Å². The second kappa shape index (κ2) is 12.5. The standard InChI is InChI=1S/C43H32N4O/c1-28(45-43(33-15-6-3-7-16-33)47-42(44)32-13-4-2-5-14-32)34-25-26-35(40-36-17-9-11-19-39(36)48-41(34)40)29-20-22-31(23-21-29)38-27-24-30-12-8-10-18-37(30)46-38/h2-28H,1H3,(H2,44,45,47). The second-order valence-electron chi connectivity index (χ2n) is 11.8. The van der Waals surface area contributed by atoms with Crippen molar-refractivity contribution in [2.24, 2.45) is 15.7 Å². The van der Waals surface area contributed by atoms with Crippen LogP contribution < -0.4 is 5.73 Å². The molecule has 2 N–H and O–H groups in total. The minimum absolute atomic E-state index is 0.272. The van der Waals surface area contributed by atoms with E-state index in [0.29, 0.717) is 11.7 Å². The van der Waals surface area contributed by atoms with Gasteiger partial charge in [-0.1, -0.05) is 140 Å². The van der Waals surface area contributed by atoms with Gasteiger partial charge in [0.2, 0.25) is 0 Å². The lowest BCUT2D eigenvalue weighted by Crippen LogP contribution is -2.16. The van der Waals surface area contributed by atoms with Gasteiger partial charge in [0.15, 0.2) is 5.84 Å². The zero-order valence-electron chi connectivity index (χ0n) is 26.4. The Balaban J connectivity index is 1.22. The largest absolute Gasteiger partial charge is 0.456 e. The molecular weight excluding hydrogens is 589 g/mol. The number of aliphatic imine (C=N–C) groups is 2. The first-order valence-electron chi connectivity index (χ1n) is 16.1. The normalized spacial score (nSPS) is 12.9. The summed E-state index contributed by atoms with van der Waals surface area (Å²) in [5.41, 5.74) is 16.1. The van der Waals surface area contributed by atoms with Gasteiger partial charge in [-0.05, 0) is 36.2 Å². The molecule has 5 heteroatoms. The third kappa shape index (κ3) is 5.52. The summed E-state index contributed by atoms with van der Waals surface area (Å²) >= 11 is 0. The van der Waals surface area contributed by atoms with Crippen LogP contribution in [0.3, 0.4) is 0 Å². The highest BCUT2D eigenvalue weighted by molar-refractivity contribution is 6.14. The van der Waals surface area contributed by atoms with E-state index in [0.717, 1.165) is 71.9 Å². The van der Waals surface area contributed by atoms with Crippen molar-refractivity contribution >= 4 is 44.5 Å². The topological polar surface area (TPSA) is 76.8 Å². The molecule has 8 aromatic rings. The van der Waals surface area contributed by atoms with Crippen molar-refractivity contribution in [2.75, 3.05) is 0 Å². The molecular formula is C43H32N4O. The van der Waals surface area contributed by atoms with Crippen LogP contribution in [-0.2, 0) is 0 Å². The molecule has 0 saturated heterocycles. The molecule has 0 aliphatic heterocycles. The zero-order chi connectivity index (χ0) is 32.5. The summed E-state index contributed by atoms with van der Waals surface area (Å²) in [5, 5.41) is 3.26. The summed E-state index contributed by atoms with van der Waals surface area (Å²) in [5.74, 6) is 0.979. The minimum Gasteiger partial charge on any atom is -0.456 e. The Labute approximate surface area is 278 Å². The van der Waals surface area contributed by atoms with E-state index in [9.17, 15) is 0 Å². The highest BCUT2D eigenvalue weighted by Crippen LogP contribution is 2.41. The number of hydrogen-bond acceptors (Lipinski definition) is 3. The fourth-order valence-corrected chi connectivity index (χ4v) is 6.26. The molecule has 5 nitrogen and oxygen atoms in total. The van der Waals surface area contributed by atoms with Crippen LogP contribution >= 0.6 is 0 Å². The van der Waals surface area contributed by atoms with Crippen LogP contribution in [0.5, 0.6) is 0 Å². The van der Waals surface area contributed by atoms with E-state index >= 15 is 0 Å². The maximum atomic E-state index is 6.60. The molecule has 230 valence electrons. The van der Waals surface area contributed by atoms with Gasteiger partial charge in [-0.2, -0.15) is 0 Å². The maximum absolute atomic E-state index is 6.60. The zero-order valence-corrected chi connectivity index (χ0v) is 26.4. The lowest BCUT2D eigenvalue weighted by atomic mass is 9.94. The first-order chi connectivity index (χ1) is 23.6. The lowest BCUT2D eigenvalue weighted by molar-refractivity contribution is 0.654. The summed E-state index contributed by atoms with van der Waals surface area (Å²) in [6.07, 6.45) is 0. The van der Waals surface area contributed by atoms with Crippen molar-refractivity contribution in [1.29, 1.82) is 0 Å². The molecule has 0 radical (unpaired) electrons. The number of fused-ring (bicyclic) bond motifs is 4. The Bertz CT molecular complexity index is 2460. The number of pyridine rings is 1. The Hall–Kier alpha value is -6.33. The van der Waals surface area contributed by atoms with Gasteiger partial charge in [0.05, 0.1) is 17.3 Å².